The van der Waals surface area contributed by atoms with Crippen LogP contribution in [0.3, 0.4) is 0 Å². The van der Waals surface area contributed by atoms with Crippen LogP contribution in [-0.4, -0.2) is 31.4 Å². The van der Waals surface area contributed by atoms with E-state index >= 15 is 0 Å². The lowest BCUT2D eigenvalue weighted by Gasteiger charge is -1.99. The van der Waals surface area contributed by atoms with Gasteiger partial charge in [-0.25, -0.2) is 0 Å². The molecule has 3 heterocycles. The molecular weight excluding hydrogens is 336 g/mol. The van der Waals surface area contributed by atoms with Crippen LogP contribution in [0, 0.1) is 0 Å². The first-order valence-corrected chi connectivity index (χ1v) is 8.29. The highest BCUT2D eigenvalue weighted by atomic mass is 16.5. The summed E-state index contributed by atoms with van der Waals surface area (Å²) in [6.07, 6.45) is 2.25. The number of amides is 1. The maximum atomic E-state index is 12.3. The third-order valence-corrected chi connectivity index (χ3v) is 4.29. The van der Waals surface area contributed by atoms with Gasteiger partial charge in [-0.2, -0.15) is 10.1 Å². The minimum Gasteiger partial charge on any atom is -0.360 e. The minimum absolute atomic E-state index is 0.0976. The molecule has 2 N–H and O–H groups in total. The molecule has 1 amide bonds. The van der Waals surface area contributed by atoms with Crippen LogP contribution in [0.15, 0.2) is 39.4 Å². The maximum Gasteiger partial charge on any atom is 0.272 e. The lowest BCUT2D eigenvalue weighted by Crippen LogP contribution is -2.23. The fraction of sp³-hybridized carbons (Fsp3) is 0.235. The second-order valence-electron chi connectivity index (χ2n) is 6.20. The topological polar surface area (TPSA) is 123 Å². The van der Waals surface area contributed by atoms with Crippen molar-refractivity contribution in [3.8, 4) is 11.5 Å². The number of hydrogen-bond acceptors (Lipinski definition) is 7. The monoisotopic (exact) mass is 350 g/mol. The van der Waals surface area contributed by atoms with Crippen LogP contribution in [0.25, 0.3) is 22.4 Å². The van der Waals surface area contributed by atoms with Crippen LogP contribution < -0.4 is 5.32 Å². The first kappa shape index (κ1) is 14.8. The van der Waals surface area contributed by atoms with Gasteiger partial charge in [0, 0.05) is 17.4 Å². The van der Waals surface area contributed by atoms with E-state index in [2.05, 4.69) is 30.8 Å². The van der Waals surface area contributed by atoms with Gasteiger partial charge in [0.25, 0.3) is 5.91 Å². The van der Waals surface area contributed by atoms with Gasteiger partial charge in [-0.3, -0.25) is 9.89 Å². The SMILES string of the molecule is O=C(NCc1nc(-c2cc(C3CC3)on2)no1)c1n[nH]c2ccccc12. The number of benzene rings is 1. The lowest BCUT2D eigenvalue weighted by atomic mass is 10.2. The summed E-state index contributed by atoms with van der Waals surface area (Å²) in [5, 5.41) is 18.2. The zero-order valence-corrected chi connectivity index (χ0v) is 13.6. The number of aromatic amines is 1. The quantitative estimate of drug-likeness (QED) is 0.566. The summed E-state index contributed by atoms with van der Waals surface area (Å²) in [5.41, 5.74) is 1.66. The van der Waals surface area contributed by atoms with Crippen LogP contribution in [0.5, 0.6) is 0 Å². The Morgan fingerprint density at radius 3 is 3.00 bits per heavy atom. The largest absolute Gasteiger partial charge is 0.360 e. The van der Waals surface area contributed by atoms with Crippen molar-refractivity contribution in [2.75, 3.05) is 0 Å². The molecular formula is C17H14N6O3. The average molecular weight is 350 g/mol. The van der Waals surface area contributed by atoms with Gasteiger partial charge in [0.1, 0.15) is 5.76 Å². The van der Waals surface area contributed by atoms with E-state index in [-0.39, 0.29) is 18.3 Å². The Kier molecular flexibility index (Phi) is 3.30. The predicted molar refractivity (Wildman–Crippen MR) is 89.0 cm³/mol. The fourth-order valence-electron chi connectivity index (χ4n) is 2.76. The van der Waals surface area contributed by atoms with Gasteiger partial charge < -0.3 is 14.4 Å². The molecule has 1 aromatic carbocycles. The molecule has 0 unspecified atom stereocenters. The summed E-state index contributed by atoms with van der Waals surface area (Å²) in [7, 11) is 0. The molecule has 0 atom stereocenters. The molecule has 0 bridgehead atoms. The molecule has 1 aliphatic rings. The molecule has 1 aliphatic carbocycles. The molecule has 0 saturated heterocycles. The van der Waals surface area contributed by atoms with Crippen molar-refractivity contribution < 1.29 is 13.8 Å². The Bertz CT molecular complexity index is 1090. The molecule has 0 radical (unpaired) electrons. The highest BCUT2D eigenvalue weighted by Gasteiger charge is 2.28. The molecule has 9 heteroatoms. The van der Waals surface area contributed by atoms with E-state index in [9.17, 15) is 4.79 Å². The van der Waals surface area contributed by atoms with E-state index in [1.54, 1.807) is 0 Å². The van der Waals surface area contributed by atoms with Crippen LogP contribution in [-0.2, 0) is 6.54 Å². The van der Waals surface area contributed by atoms with Crippen LogP contribution in [0.1, 0.15) is 40.9 Å². The molecule has 26 heavy (non-hydrogen) atoms. The lowest BCUT2D eigenvalue weighted by molar-refractivity contribution is 0.0943. The second kappa shape index (κ2) is 5.80. The summed E-state index contributed by atoms with van der Waals surface area (Å²) in [5.74, 6) is 1.62. The van der Waals surface area contributed by atoms with E-state index in [1.807, 2.05) is 30.3 Å². The molecule has 1 saturated carbocycles. The van der Waals surface area contributed by atoms with Crippen molar-refractivity contribution in [3.63, 3.8) is 0 Å². The van der Waals surface area contributed by atoms with Gasteiger partial charge in [-0.15, -0.1) is 0 Å². The molecule has 9 nitrogen and oxygen atoms in total. The first-order valence-electron chi connectivity index (χ1n) is 8.29. The van der Waals surface area contributed by atoms with Crippen LogP contribution >= 0.6 is 0 Å². The maximum absolute atomic E-state index is 12.3. The fourth-order valence-corrected chi connectivity index (χ4v) is 2.76. The van der Waals surface area contributed by atoms with Gasteiger partial charge in [-0.05, 0) is 18.9 Å². The molecule has 0 aliphatic heterocycles. The molecule has 1 fully saturated rings. The zero-order chi connectivity index (χ0) is 17.5. The number of nitrogens with one attached hydrogen (secondary N) is 2. The number of carbonyl (C=O) groups excluding carboxylic acids is 1. The Morgan fingerprint density at radius 2 is 2.12 bits per heavy atom. The van der Waals surface area contributed by atoms with Crippen LogP contribution in [0.4, 0.5) is 0 Å². The summed E-state index contributed by atoms with van der Waals surface area (Å²) in [4.78, 5) is 16.6. The highest BCUT2D eigenvalue weighted by Crippen LogP contribution is 2.40. The number of nitrogens with zero attached hydrogens (tertiary/aromatic N) is 4. The number of hydrogen-bond donors (Lipinski definition) is 2. The standard InChI is InChI=1S/C17H14N6O3/c24-17(15-10-3-1-2-4-11(10)20-21-15)18-8-14-19-16(23-26-14)12-7-13(25-22-12)9-5-6-9/h1-4,7,9H,5-6,8H2,(H,18,24)(H,20,21). The van der Waals surface area contributed by atoms with Crippen molar-refractivity contribution in [1.29, 1.82) is 0 Å². The second-order valence-corrected chi connectivity index (χ2v) is 6.20. The number of aromatic nitrogens is 5. The smallest absolute Gasteiger partial charge is 0.272 e. The Balaban J connectivity index is 1.28. The van der Waals surface area contributed by atoms with Gasteiger partial charge >= 0.3 is 0 Å². The van der Waals surface area contributed by atoms with Crippen LogP contribution in [0.2, 0.25) is 0 Å². The third-order valence-electron chi connectivity index (χ3n) is 4.29. The van der Waals surface area contributed by atoms with Crippen molar-refractivity contribution in [1.82, 2.24) is 30.8 Å². The summed E-state index contributed by atoms with van der Waals surface area (Å²) >= 11 is 0. The Hall–Kier alpha value is -3.49. The van der Waals surface area contributed by atoms with E-state index in [4.69, 9.17) is 9.05 Å². The van der Waals surface area contributed by atoms with Gasteiger partial charge in [0.05, 0.1) is 12.1 Å². The number of H-pyrrole nitrogens is 1. The van der Waals surface area contributed by atoms with Crippen molar-refractivity contribution in [2.45, 2.75) is 25.3 Å². The van der Waals surface area contributed by atoms with Gasteiger partial charge in [-0.1, -0.05) is 28.5 Å². The molecule has 0 spiro atoms. The Labute approximate surface area is 146 Å². The van der Waals surface area contributed by atoms with Crippen molar-refractivity contribution >= 4 is 16.8 Å². The normalized spacial score (nSPS) is 14.0. The number of carbonyl (C=O) groups is 1. The Morgan fingerprint density at radius 1 is 1.23 bits per heavy atom. The summed E-state index contributed by atoms with van der Waals surface area (Å²) in [6.45, 7) is 0.0976. The van der Waals surface area contributed by atoms with E-state index in [1.165, 1.54) is 0 Å². The van der Waals surface area contributed by atoms with E-state index < -0.39 is 0 Å². The molecule has 5 rings (SSSR count). The summed E-state index contributed by atoms with van der Waals surface area (Å²) in [6, 6.07) is 9.26. The highest BCUT2D eigenvalue weighted by molar-refractivity contribution is 6.04. The number of rotatable bonds is 5. The van der Waals surface area contributed by atoms with Crippen molar-refractivity contribution in [2.24, 2.45) is 0 Å². The first-order chi connectivity index (χ1) is 12.8. The zero-order valence-electron chi connectivity index (χ0n) is 13.6. The molecule has 130 valence electrons. The van der Waals surface area contributed by atoms with E-state index in [0.717, 1.165) is 29.5 Å². The predicted octanol–water partition coefficient (Wildman–Crippen LogP) is 2.41. The van der Waals surface area contributed by atoms with Gasteiger partial charge in [0.15, 0.2) is 11.4 Å². The van der Waals surface area contributed by atoms with E-state index in [0.29, 0.717) is 23.1 Å². The number of fused-ring (bicyclic) bond motifs is 1. The van der Waals surface area contributed by atoms with Crippen molar-refractivity contribution in [3.05, 3.63) is 47.7 Å². The average Bonchev–Trinajstić information content (AvgIpc) is 3.10. The number of para-hydroxylation sites is 1. The van der Waals surface area contributed by atoms with Gasteiger partial charge in [0.2, 0.25) is 11.7 Å². The minimum atomic E-state index is -0.320. The molecule has 3 aromatic heterocycles. The summed E-state index contributed by atoms with van der Waals surface area (Å²) < 4.78 is 10.5. The third kappa shape index (κ3) is 2.63. The molecule has 4 aromatic rings.